The number of carboxylic acid groups (broad SMARTS) is 2. The Morgan fingerprint density at radius 1 is 0.859 bits per heavy atom. The number of hydrogen-bond donors (Lipinski definition) is 4. The van der Waals surface area contributed by atoms with Crippen LogP contribution in [0.5, 0.6) is 11.5 Å². The molecule has 1 fully saturated rings. The van der Waals surface area contributed by atoms with Crippen molar-refractivity contribution in [3.63, 3.8) is 0 Å². The highest BCUT2D eigenvalue weighted by atomic mass is 19.4. The van der Waals surface area contributed by atoms with Crippen molar-refractivity contribution in [3.05, 3.63) is 95.1 Å². The van der Waals surface area contributed by atoms with Gasteiger partial charge in [-0.25, -0.2) is 9.59 Å². The number of carboxylic acids is 2. The molecule has 5 unspecified atom stereocenters. The number of aliphatic carboxylic acids is 2. The SMILES string of the molecule is CCC(C)NC(=O)C1CC(C(=O)O)C(C(=O)Nc2ccc(CCOC(=O)/C=C/c3ccc(OC(=O)c4ccc(OCCCC(F)(F)F)cc4)cc3)c(C(C)(CC)CC)c2)C1CC(=O)O. The molecule has 1 aliphatic carbocycles. The lowest BCUT2D eigenvalue weighted by molar-refractivity contribution is -0.147. The van der Waals surface area contributed by atoms with Crippen LogP contribution in [0.3, 0.4) is 0 Å². The summed E-state index contributed by atoms with van der Waals surface area (Å²) in [6.45, 7) is 9.71. The summed E-state index contributed by atoms with van der Waals surface area (Å²) in [6.07, 6.45) is -0.890. The van der Waals surface area contributed by atoms with Crippen molar-refractivity contribution in [2.75, 3.05) is 18.5 Å². The molecule has 0 aliphatic heterocycles. The Balaban J connectivity index is 1.37. The molecule has 0 spiro atoms. The summed E-state index contributed by atoms with van der Waals surface area (Å²) in [5, 5.41) is 25.5. The third kappa shape index (κ3) is 14.4. The highest BCUT2D eigenvalue weighted by molar-refractivity contribution is 5.97. The standard InChI is InChI=1S/C48H57F3N2O11/c1-6-29(4)52-43(57)37-27-38(45(59)60)42(36(37)28-40(54)55)44(58)53-33-16-13-31(39(26-33)47(5,7-2)8-3)22-25-63-41(56)21-12-30-10-17-35(18-11-30)64-46(61)32-14-19-34(20-15-32)62-24-9-23-48(49,50)51/h10-21,26,29,36-38,42H,6-9,22-25,27-28H2,1-5H3,(H,52,57)(H,53,58)(H,54,55)(H,59,60)/b21-12+. The minimum absolute atomic E-state index is 0.0325. The summed E-state index contributed by atoms with van der Waals surface area (Å²) in [6, 6.07) is 17.2. The molecule has 0 saturated heterocycles. The molecule has 13 nitrogen and oxygen atoms in total. The highest BCUT2D eigenvalue weighted by Crippen LogP contribution is 2.45. The number of rotatable bonds is 22. The summed E-state index contributed by atoms with van der Waals surface area (Å²) < 4.78 is 53.2. The van der Waals surface area contributed by atoms with E-state index in [2.05, 4.69) is 17.6 Å². The fourth-order valence-corrected chi connectivity index (χ4v) is 7.73. The van der Waals surface area contributed by atoms with Gasteiger partial charge in [0.05, 0.1) is 30.6 Å². The van der Waals surface area contributed by atoms with Gasteiger partial charge in [0, 0.05) is 43.0 Å². The van der Waals surface area contributed by atoms with E-state index in [0.29, 0.717) is 29.8 Å². The number of ether oxygens (including phenoxy) is 3. The van der Waals surface area contributed by atoms with Crippen molar-refractivity contribution in [3.8, 4) is 11.5 Å². The van der Waals surface area contributed by atoms with Crippen LogP contribution in [-0.2, 0) is 40.5 Å². The number of alkyl halides is 3. The third-order valence-corrected chi connectivity index (χ3v) is 12.0. The van der Waals surface area contributed by atoms with Gasteiger partial charge in [-0.1, -0.05) is 45.9 Å². The van der Waals surface area contributed by atoms with Gasteiger partial charge < -0.3 is 35.1 Å². The van der Waals surface area contributed by atoms with Crippen LogP contribution in [-0.4, -0.2) is 71.3 Å². The fourth-order valence-electron chi connectivity index (χ4n) is 7.73. The van der Waals surface area contributed by atoms with Crippen LogP contribution in [0.25, 0.3) is 6.08 Å². The number of benzene rings is 3. The average molecular weight is 895 g/mol. The Hall–Kier alpha value is -6.19. The molecule has 0 bridgehead atoms. The van der Waals surface area contributed by atoms with E-state index in [0.717, 1.165) is 24.0 Å². The molecule has 2 amide bonds. The Bertz CT molecular complexity index is 2130. The number of halogens is 3. The monoisotopic (exact) mass is 894 g/mol. The van der Waals surface area contributed by atoms with Crippen LogP contribution in [0.2, 0.25) is 0 Å². The van der Waals surface area contributed by atoms with Crippen molar-refractivity contribution in [2.24, 2.45) is 23.7 Å². The van der Waals surface area contributed by atoms with E-state index in [1.54, 1.807) is 37.3 Å². The van der Waals surface area contributed by atoms with Crippen molar-refractivity contribution < 1.29 is 66.4 Å². The molecule has 3 aromatic carbocycles. The number of carbonyl (C=O) groups is 6. The molecule has 0 aromatic heterocycles. The lowest BCUT2D eigenvalue weighted by Gasteiger charge is -2.31. The molecule has 4 N–H and O–H groups in total. The van der Waals surface area contributed by atoms with Gasteiger partial charge in [-0.3, -0.25) is 19.2 Å². The maximum atomic E-state index is 13.9. The molecular formula is C48H57F3N2O11. The molecule has 1 saturated carbocycles. The largest absolute Gasteiger partial charge is 0.494 e. The molecule has 0 radical (unpaired) electrons. The molecule has 1 aliphatic rings. The normalized spacial score (nSPS) is 17.9. The second-order valence-electron chi connectivity index (χ2n) is 16.3. The van der Waals surface area contributed by atoms with E-state index in [1.807, 2.05) is 32.9 Å². The summed E-state index contributed by atoms with van der Waals surface area (Å²) in [5.74, 6) is -8.91. The van der Waals surface area contributed by atoms with E-state index >= 15 is 0 Å². The quantitative estimate of drug-likeness (QED) is 0.0326. The fraction of sp³-hybridized carbons (Fsp3) is 0.458. The molecule has 16 heteroatoms. The maximum absolute atomic E-state index is 13.9. The smallest absolute Gasteiger partial charge is 0.389 e. The van der Waals surface area contributed by atoms with E-state index in [1.165, 1.54) is 36.4 Å². The van der Waals surface area contributed by atoms with Crippen molar-refractivity contribution in [1.82, 2.24) is 5.32 Å². The Labute approximate surface area is 370 Å². The zero-order chi connectivity index (χ0) is 47.2. The predicted octanol–water partition coefficient (Wildman–Crippen LogP) is 8.78. The average Bonchev–Trinajstić information content (AvgIpc) is 3.64. The van der Waals surface area contributed by atoms with Gasteiger partial charge in [-0.2, -0.15) is 13.2 Å². The first-order valence-corrected chi connectivity index (χ1v) is 21.4. The lowest BCUT2D eigenvalue weighted by atomic mass is 9.75. The number of esters is 2. The van der Waals surface area contributed by atoms with Gasteiger partial charge in [0.2, 0.25) is 11.8 Å². The second kappa shape index (κ2) is 22.9. The van der Waals surface area contributed by atoms with Gasteiger partial charge in [0.25, 0.3) is 0 Å². The van der Waals surface area contributed by atoms with Crippen molar-refractivity contribution in [2.45, 2.75) is 104 Å². The summed E-state index contributed by atoms with van der Waals surface area (Å²) in [7, 11) is 0. The lowest BCUT2D eigenvalue weighted by Crippen LogP contribution is -2.41. The second-order valence-corrected chi connectivity index (χ2v) is 16.3. The first-order chi connectivity index (χ1) is 30.3. The van der Waals surface area contributed by atoms with Crippen LogP contribution < -0.4 is 20.1 Å². The predicted molar refractivity (Wildman–Crippen MR) is 232 cm³/mol. The minimum atomic E-state index is -4.25. The Morgan fingerprint density at radius 3 is 2.11 bits per heavy atom. The number of nitrogens with one attached hydrogen (secondary N) is 2. The zero-order valence-corrected chi connectivity index (χ0v) is 36.7. The molecule has 346 valence electrons. The maximum Gasteiger partial charge on any atom is 0.389 e. The summed E-state index contributed by atoms with van der Waals surface area (Å²) in [4.78, 5) is 76.9. The van der Waals surface area contributed by atoms with E-state index < -0.39 is 78.4 Å². The Morgan fingerprint density at radius 2 is 1.52 bits per heavy atom. The van der Waals surface area contributed by atoms with E-state index in [9.17, 15) is 52.2 Å². The molecule has 4 rings (SSSR count). The molecule has 5 atom stereocenters. The number of anilines is 1. The van der Waals surface area contributed by atoms with Crippen LogP contribution in [0, 0.1) is 23.7 Å². The van der Waals surface area contributed by atoms with Gasteiger partial charge in [0.1, 0.15) is 11.5 Å². The van der Waals surface area contributed by atoms with Crippen LogP contribution in [0.15, 0.2) is 72.8 Å². The van der Waals surface area contributed by atoms with Gasteiger partial charge in [0.15, 0.2) is 0 Å². The van der Waals surface area contributed by atoms with Crippen LogP contribution in [0.4, 0.5) is 18.9 Å². The number of hydrogen-bond acceptors (Lipinski definition) is 9. The Kier molecular flexibility index (Phi) is 18.1. The van der Waals surface area contributed by atoms with Crippen molar-refractivity contribution in [1.29, 1.82) is 0 Å². The first kappa shape index (κ1) is 50.5. The number of carbonyl (C=O) groups excluding carboxylic acids is 4. The highest BCUT2D eigenvalue weighted by Gasteiger charge is 2.53. The van der Waals surface area contributed by atoms with Gasteiger partial charge in [-0.15, -0.1) is 0 Å². The topological polar surface area (TPSA) is 195 Å². The summed E-state index contributed by atoms with van der Waals surface area (Å²) >= 11 is 0. The van der Waals surface area contributed by atoms with Gasteiger partial charge >= 0.3 is 30.1 Å². The first-order valence-electron chi connectivity index (χ1n) is 21.4. The minimum Gasteiger partial charge on any atom is -0.494 e. The summed E-state index contributed by atoms with van der Waals surface area (Å²) in [5.41, 5.74) is 2.61. The molecule has 3 aromatic rings. The van der Waals surface area contributed by atoms with Gasteiger partial charge in [-0.05, 0) is 122 Å². The molecule has 64 heavy (non-hydrogen) atoms. The number of amides is 2. The molecular weight excluding hydrogens is 838 g/mol. The van der Waals surface area contributed by atoms with Crippen LogP contribution >= 0.6 is 0 Å². The van der Waals surface area contributed by atoms with E-state index in [4.69, 9.17) is 14.2 Å². The third-order valence-electron chi connectivity index (χ3n) is 12.0. The van der Waals surface area contributed by atoms with E-state index in [-0.39, 0.29) is 48.8 Å². The zero-order valence-electron chi connectivity index (χ0n) is 36.7. The van der Waals surface area contributed by atoms with Crippen molar-refractivity contribution >= 4 is 47.5 Å². The van der Waals surface area contributed by atoms with Crippen LogP contribution in [0.1, 0.15) is 107 Å². The molecule has 0 heterocycles.